The Hall–Kier alpha value is -3.55. The monoisotopic (exact) mass is 422 g/mol. The third-order valence-electron chi connectivity index (χ3n) is 5.61. The Bertz CT molecular complexity index is 1110. The second-order valence-electron chi connectivity index (χ2n) is 7.99. The fourth-order valence-electron chi connectivity index (χ4n) is 3.82. The number of ether oxygens (including phenoxy) is 1. The van der Waals surface area contributed by atoms with Crippen LogP contribution in [-0.4, -0.2) is 53.9 Å². The fourth-order valence-corrected chi connectivity index (χ4v) is 3.82. The smallest absolute Gasteiger partial charge is 0.267 e. The van der Waals surface area contributed by atoms with E-state index in [2.05, 4.69) is 10.00 Å². The van der Waals surface area contributed by atoms with E-state index in [1.807, 2.05) is 24.3 Å². The molecule has 0 bridgehead atoms. The molecule has 3 aromatic rings. The van der Waals surface area contributed by atoms with Crippen LogP contribution in [0, 0.1) is 0 Å². The summed E-state index contributed by atoms with van der Waals surface area (Å²) in [4.78, 5) is 29.9. The average Bonchev–Trinajstić information content (AvgIpc) is 3.34. The lowest BCUT2D eigenvalue weighted by Gasteiger charge is -2.39. The number of hydrogen-bond donors (Lipinski definition) is 0. The summed E-state index contributed by atoms with van der Waals surface area (Å²) in [5, 5.41) is 4.42. The van der Waals surface area contributed by atoms with Crippen LogP contribution in [0.5, 0.6) is 5.75 Å². The molecule has 3 heterocycles. The summed E-state index contributed by atoms with van der Waals surface area (Å²) in [6.07, 6.45) is 1.55. The van der Waals surface area contributed by atoms with Gasteiger partial charge >= 0.3 is 0 Å². The van der Waals surface area contributed by atoms with Crippen molar-refractivity contribution in [3.8, 4) is 17.2 Å². The molecule has 8 heteroatoms. The maximum Gasteiger partial charge on any atom is 0.267 e. The zero-order chi connectivity index (χ0) is 22.0. The van der Waals surface area contributed by atoms with Gasteiger partial charge < -0.3 is 19.0 Å². The van der Waals surface area contributed by atoms with E-state index in [1.165, 1.54) is 10.7 Å². The molecule has 4 rings (SSSR count). The number of methoxy groups -OCH3 is 1. The van der Waals surface area contributed by atoms with E-state index in [9.17, 15) is 9.59 Å². The second kappa shape index (κ2) is 8.29. The quantitative estimate of drug-likeness (QED) is 0.629. The molecule has 1 fully saturated rings. The van der Waals surface area contributed by atoms with Crippen LogP contribution < -0.4 is 15.2 Å². The molecule has 1 aliphatic heterocycles. The fraction of sp³-hybridized carbons (Fsp3) is 0.348. The number of aromatic nitrogens is 2. The van der Waals surface area contributed by atoms with Gasteiger partial charge in [-0.15, -0.1) is 0 Å². The zero-order valence-electron chi connectivity index (χ0n) is 17.9. The lowest BCUT2D eigenvalue weighted by Crippen LogP contribution is -2.56. The maximum atomic E-state index is 13.4. The maximum absolute atomic E-state index is 13.4. The average molecular weight is 422 g/mol. The van der Waals surface area contributed by atoms with Crippen molar-refractivity contribution in [2.45, 2.75) is 19.4 Å². The number of hydrogen-bond acceptors (Lipinski definition) is 6. The predicted molar refractivity (Wildman–Crippen MR) is 117 cm³/mol. The van der Waals surface area contributed by atoms with E-state index in [0.29, 0.717) is 37.6 Å². The molecule has 8 nitrogen and oxygen atoms in total. The van der Waals surface area contributed by atoms with Crippen LogP contribution in [0.4, 0.5) is 5.69 Å². The summed E-state index contributed by atoms with van der Waals surface area (Å²) in [7, 11) is 1.65. The van der Waals surface area contributed by atoms with Gasteiger partial charge in [-0.3, -0.25) is 9.59 Å². The topological polar surface area (TPSA) is 80.8 Å². The molecule has 1 aliphatic rings. The van der Waals surface area contributed by atoms with Crippen molar-refractivity contribution in [3.63, 3.8) is 0 Å². The Kier molecular flexibility index (Phi) is 5.54. The second-order valence-corrected chi connectivity index (χ2v) is 7.99. The summed E-state index contributed by atoms with van der Waals surface area (Å²) >= 11 is 0. The molecule has 162 valence electrons. The van der Waals surface area contributed by atoms with Gasteiger partial charge in [0, 0.05) is 44.0 Å². The van der Waals surface area contributed by atoms with Gasteiger partial charge in [0.2, 0.25) is 5.91 Å². The van der Waals surface area contributed by atoms with Crippen LogP contribution in [0.25, 0.3) is 11.5 Å². The standard InChI is InChI=1S/C23H26N4O4/c1-23(2,27-21(28)10-9-19(24-27)20-8-5-15-31-20)22(29)26-13-11-25(12-14-26)17-6-4-7-18(16-17)30-3/h4-10,15-16H,11-14H2,1-3H3. The Morgan fingerprint density at radius 2 is 1.84 bits per heavy atom. The zero-order valence-corrected chi connectivity index (χ0v) is 17.9. The predicted octanol–water partition coefficient (Wildman–Crippen LogP) is 2.60. The summed E-state index contributed by atoms with van der Waals surface area (Å²) in [6, 6.07) is 14.4. The summed E-state index contributed by atoms with van der Waals surface area (Å²) < 4.78 is 11.9. The number of piperazine rings is 1. The van der Waals surface area contributed by atoms with Crippen molar-refractivity contribution in [3.05, 3.63) is 65.1 Å². The highest BCUT2D eigenvalue weighted by molar-refractivity contribution is 5.84. The SMILES string of the molecule is COc1cccc(N2CCN(C(=O)C(C)(C)n3nc(-c4ccco4)ccc3=O)CC2)c1. The first-order valence-corrected chi connectivity index (χ1v) is 10.2. The van der Waals surface area contributed by atoms with Crippen LogP contribution in [-0.2, 0) is 10.3 Å². The van der Waals surface area contributed by atoms with Gasteiger partial charge in [0.25, 0.3) is 5.56 Å². The third kappa shape index (κ3) is 4.05. The Balaban J connectivity index is 1.51. The molecular weight excluding hydrogens is 396 g/mol. The van der Waals surface area contributed by atoms with Crippen LogP contribution in [0.1, 0.15) is 13.8 Å². The van der Waals surface area contributed by atoms with Crippen molar-refractivity contribution in [1.29, 1.82) is 0 Å². The number of benzene rings is 1. The largest absolute Gasteiger partial charge is 0.497 e. The Morgan fingerprint density at radius 1 is 1.06 bits per heavy atom. The van der Waals surface area contributed by atoms with Gasteiger partial charge in [0.1, 0.15) is 17.0 Å². The number of carbonyl (C=O) groups excluding carboxylic acids is 1. The molecule has 1 aromatic carbocycles. The van der Waals surface area contributed by atoms with Crippen molar-refractivity contribution >= 4 is 11.6 Å². The minimum atomic E-state index is -1.13. The molecule has 1 saturated heterocycles. The molecule has 0 atom stereocenters. The van der Waals surface area contributed by atoms with Crippen LogP contribution in [0.2, 0.25) is 0 Å². The molecule has 2 aromatic heterocycles. The number of nitrogens with zero attached hydrogens (tertiary/aromatic N) is 4. The van der Waals surface area contributed by atoms with Crippen molar-refractivity contribution in [2.75, 3.05) is 38.2 Å². The number of anilines is 1. The Labute approximate surface area is 180 Å². The van der Waals surface area contributed by atoms with Gasteiger partial charge in [-0.05, 0) is 44.2 Å². The lowest BCUT2D eigenvalue weighted by molar-refractivity contribution is -0.140. The third-order valence-corrected chi connectivity index (χ3v) is 5.61. The first-order chi connectivity index (χ1) is 14.9. The molecule has 0 spiro atoms. The van der Waals surface area contributed by atoms with E-state index < -0.39 is 5.54 Å². The van der Waals surface area contributed by atoms with Crippen LogP contribution >= 0.6 is 0 Å². The van der Waals surface area contributed by atoms with E-state index >= 15 is 0 Å². The molecule has 0 saturated carbocycles. The highest BCUT2D eigenvalue weighted by Crippen LogP contribution is 2.24. The molecule has 0 N–H and O–H groups in total. The number of amides is 1. The van der Waals surface area contributed by atoms with Gasteiger partial charge in [-0.2, -0.15) is 5.10 Å². The van der Waals surface area contributed by atoms with Gasteiger partial charge in [0.05, 0.1) is 13.4 Å². The molecule has 0 radical (unpaired) electrons. The van der Waals surface area contributed by atoms with E-state index in [1.54, 1.807) is 50.3 Å². The molecular formula is C23H26N4O4. The van der Waals surface area contributed by atoms with E-state index in [0.717, 1.165) is 11.4 Å². The van der Waals surface area contributed by atoms with Crippen molar-refractivity contribution in [2.24, 2.45) is 0 Å². The van der Waals surface area contributed by atoms with E-state index in [-0.39, 0.29) is 11.5 Å². The minimum absolute atomic E-state index is 0.135. The number of furan rings is 1. The highest BCUT2D eigenvalue weighted by atomic mass is 16.5. The number of rotatable bonds is 5. The van der Waals surface area contributed by atoms with Crippen molar-refractivity contribution in [1.82, 2.24) is 14.7 Å². The van der Waals surface area contributed by atoms with E-state index in [4.69, 9.17) is 9.15 Å². The highest BCUT2D eigenvalue weighted by Gasteiger charge is 2.37. The lowest BCUT2D eigenvalue weighted by atomic mass is 10.0. The normalized spacial score (nSPS) is 14.5. The molecule has 0 aliphatic carbocycles. The summed E-state index contributed by atoms with van der Waals surface area (Å²) in [6.45, 7) is 5.97. The molecule has 31 heavy (non-hydrogen) atoms. The van der Waals surface area contributed by atoms with Gasteiger partial charge in [-0.25, -0.2) is 4.68 Å². The van der Waals surface area contributed by atoms with Crippen LogP contribution in [0.15, 0.2) is 64.0 Å². The Morgan fingerprint density at radius 3 is 2.52 bits per heavy atom. The first kappa shape index (κ1) is 20.7. The number of carbonyl (C=O) groups is 1. The van der Waals surface area contributed by atoms with Gasteiger partial charge in [0.15, 0.2) is 5.76 Å². The molecule has 0 unspecified atom stereocenters. The van der Waals surface area contributed by atoms with Gasteiger partial charge in [-0.1, -0.05) is 6.07 Å². The summed E-state index contributed by atoms with van der Waals surface area (Å²) in [5.41, 5.74) is 0.115. The summed E-state index contributed by atoms with van der Waals surface area (Å²) in [5.74, 6) is 1.21. The van der Waals surface area contributed by atoms with Crippen molar-refractivity contribution < 1.29 is 13.9 Å². The first-order valence-electron chi connectivity index (χ1n) is 10.2. The minimum Gasteiger partial charge on any atom is -0.497 e. The van der Waals surface area contributed by atoms with Crippen LogP contribution in [0.3, 0.4) is 0 Å². The molecule has 1 amide bonds.